The summed E-state index contributed by atoms with van der Waals surface area (Å²) >= 11 is 0. The summed E-state index contributed by atoms with van der Waals surface area (Å²) in [6.45, 7) is 2.41. The van der Waals surface area contributed by atoms with Crippen molar-refractivity contribution < 1.29 is 24.4 Å². The minimum atomic E-state index is -1.04. The van der Waals surface area contributed by atoms with Crippen LogP contribution in [0.2, 0.25) is 0 Å². The number of aliphatic hydroxyl groups is 1. The van der Waals surface area contributed by atoms with Crippen LogP contribution in [0.15, 0.2) is 103 Å². The van der Waals surface area contributed by atoms with E-state index in [9.17, 15) is 24.8 Å². The molecule has 1 N–H and O–H groups in total. The van der Waals surface area contributed by atoms with Crippen molar-refractivity contribution in [1.82, 2.24) is 9.88 Å². The molecule has 5 rings (SSSR count). The van der Waals surface area contributed by atoms with Gasteiger partial charge in [-0.1, -0.05) is 42.0 Å². The van der Waals surface area contributed by atoms with Gasteiger partial charge in [0.2, 0.25) is 0 Å². The molecule has 0 bridgehead atoms. The number of aromatic nitrogens is 1. The summed E-state index contributed by atoms with van der Waals surface area (Å²) in [5.41, 5.74) is 3.15. The molecule has 40 heavy (non-hydrogen) atoms. The smallest absolute Gasteiger partial charge is 0.295 e. The van der Waals surface area contributed by atoms with Gasteiger partial charge in [0.25, 0.3) is 17.4 Å². The van der Waals surface area contributed by atoms with E-state index in [-0.39, 0.29) is 23.6 Å². The first-order valence-corrected chi connectivity index (χ1v) is 12.5. The monoisotopic (exact) mass is 535 g/mol. The average molecular weight is 536 g/mol. The van der Waals surface area contributed by atoms with Gasteiger partial charge in [-0.05, 0) is 60.0 Å². The maximum absolute atomic E-state index is 13.3. The van der Waals surface area contributed by atoms with Gasteiger partial charge in [-0.3, -0.25) is 24.7 Å². The number of carbonyl (C=O) groups is 2. The van der Waals surface area contributed by atoms with Crippen LogP contribution in [0.25, 0.3) is 5.76 Å². The van der Waals surface area contributed by atoms with E-state index in [0.717, 1.165) is 11.1 Å². The number of amides is 1. The number of hydrogen-bond acceptors (Lipinski definition) is 7. The predicted octanol–water partition coefficient (Wildman–Crippen LogP) is 5.50. The Kier molecular flexibility index (Phi) is 7.37. The number of aliphatic hydroxyl groups excluding tert-OH is 1. The Hall–Kier alpha value is -5.31. The van der Waals surface area contributed by atoms with E-state index < -0.39 is 22.7 Å². The van der Waals surface area contributed by atoms with Gasteiger partial charge < -0.3 is 14.7 Å². The number of ether oxygens (including phenoxy) is 1. The second kappa shape index (κ2) is 11.2. The third-order valence-corrected chi connectivity index (χ3v) is 6.65. The number of pyridine rings is 1. The number of likely N-dealkylation sites (tertiary alicyclic amines) is 1. The zero-order chi connectivity index (χ0) is 28.2. The Morgan fingerprint density at radius 3 is 2.40 bits per heavy atom. The summed E-state index contributed by atoms with van der Waals surface area (Å²) in [6.07, 6.45) is 3.13. The fourth-order valence-electron chi connectivity index (χ4n) is 4.72. The van der Waals surface area contributed by atoms with E-state index in [0.29, 0.717) is 29.0 Å². The molecule has 1 aliphatic heterocycles. The fraction of sp³-hybridized carbons (Fsp3) is 0.129. The molecule has 2 heterocycles. The molecule has 1 amide bonds. The molecule has 0 unspecified atom stereocenters. The summed E-state index contributed by atoms with van der Waals surface area (Å²) in [5.74, 6) is -1.50. The van der Waals surface area contributed by atoms with E-state index in [2.05, 4.69) is 4.98 Å². The lowest BCUT2D eigenvalue weighted by Gasteiger charge is -2.25. The first kappa shape index (κ1) is 26.3. The number of rotatable bonds is 8. The molecule has 4 aromatic rings. The highest BCUT2D eigenvalue weighted by Gasteiger charge is 2.46. The lowest BCUT2D eigenvalue weighted by atomic mass is 9.95. The van der Waals surface area contributed by atoms with E-state index in [1.165, 1.54) is 23.1 Å². The number of non-ortho nitro benzene ring substituents is 1. The fourth-order valence-corrected chi connectivity index (χ4v) is 4.72. The molecule has 3 aromatic carbocycles. The molecular formula is C31H25N3O6. The standard InChI is InChI=1S/C31H25N3O6/c1-20-4-2-5-22(16-20)19-40-26-10-8-23(9-11-26)29(35)27-28(24-6-3-7-25(17-24)34(38)39)33(31(37)30(27)36)18-21-12-14-32-15-13-21/h2-17,28,35H,18-19H2,1H3/b29-27+/t28-/m1/s1. The maximum atomic E-state index is 13.3. The van der Waals surface area contributed by atoms with Crippen molar-refractivity contribution in [3.63, 3.8) is 0 Å². The van der Waals surface area contributed by atoms with Crippen LogP contribution in [0.4, 0.5) is 5.69 Å². The van der Waals surface area contributed by atoms with Crippen LogP contribution in [0.3, 0.4) is 0 Å². The van der Waals surface area contributed by atoms with Crippen LogP contribution in [-0.2, 0) is 22.7 Å². The van der Waals surface area contributed by atoms with Gasteiger partial charge >= 0.3 is 0 Å². The van der Waals surface area contributed by atoms with E-state index >= 15 is 0 Å². The third kappa shape index (κ3) is 5.44. The number of Topliss-reactive ketones (excluding diaryl/α,β-unsaturated/α-hetero) is 1. The quantitative estimate of drug-likeness (QED) is 0.104. The molecule has 1 atom stereocenters. The van der Waals surface area contributed by atoms with Crippen molar-refractivity contribution >= 4 is 23.1 Å². The summed E-state index contributed by atoms with van der Waals surface area (Å²) in [6, 6.07) is 22.6. The van der Waals surface area contributed by atoms with Gasteiger partial charge in [-0.25, -0.2) is 0 Å². The molecule has 200 valence electrons. The Morgan fingerprint density at radius 1 is 0.975 bits per heavy atom. The van der Waals surface area contributed by atoms with Crippen LogP contribution < -0.4 is 4.74 Å². The zero-order valence-electron chi connectivity index (χ0n) is 21.6. The van der Waals surface area contributed by atoms with Crippen LogP contribution in [0, 0.1) is 17.0 Å². The minimum Gasteiger partial charge on any atom is -0.507 e. The Morgan fingerprint density at radius 2 is 1.70 bits per heavy atom. The summed E-state index contributed by atoms with van der Waals surface area (Å²) in [4.78, 5) is 42.7. The number of hydrogen-bond donors (Lipinski definition) is 1. The highest BCUT2D eigenvalue weighted by atomic mass is 16.6. The summed E-state index contributed by atoms with van der Waals surface area (Å²) < 4.78 is 5.86. The topological polar surface area (TPSA) is 123 Å². The normalized spacial score (nSPS) is 16.2. The van der Waals surface area contributed by atoms with Crippen LogP contribution >= 0.6 is 0 Å². The largest absolute Gasteiger partial charge is 0.507 e. The highest BCUT2D eigenvalue weighted by molar-refractivity contribution is 6.46. The molecule has 9 nitrogen and oxygen atoms in total. The number of nitro benzene ring substituents is 1. The third-order valence-electron chi connectivity index (χ3n) is 6.65. The lowest BCUT2D eigenvalue weighted by Crippen LogP contribution is -2.29. The first-order valence-electron chi connectivity index (χ1n) is 12.5. The number of carbonyl (C=O) groups excluding carboxylic acids is 2. The SMILES string of the molecule is Cc1cccc(COc2ccc(/C(O)=C3\C(=O)C(=O)N(Cc4ccncc4)[C@@H]3c3cccc([N+](=O)[O-])c3)cc2)c1. The van der Waals surface area contributed by atoms with Gasteiger partial charge in [-0.15, -0.1) is 0 Å². The first-order chi connectivity index (χ1) is 19.3. The van der Waals surface area contributed by atoms with E-state index in [4.69, 9.17) is 4.74 Å². The zero-order valence-corrected chi connectivity index (χ0v) is 21.6. The van der Waals surface area contributed by atoms with Crippen molar-refractivity contribution in [1.29, 1.82) is 0 Å². The minimum absolute atomic E-state index is 0.0446. The molecule has 1 saturated heterocycles. The van der Waals surface area contributed by atoms with Crippen molar-refractivity contribution in [2.75, 3.05) is 0 Å². The molecule has 1 aliphatic rings. The van der Waals surface area contributed by atoms with Crippen molar-refractivity contribution in [3.05, 3.63) is 141 Å². The lowest BCUT2D eigenvalue weighted by molar-refractivity contribution is -0.384. The summed E-state index contributed by atoms with van der Waals surface area (Å²) in [7, 11) is 0. The second-order valence-electron chi connectivity index (χ2n) is 9.44. The molecule has 9 heteroatoms. The summed E-state index contributed by atoms with van der Waals surface area (Å²) in [5, 5.41) is 22.8. The van der Waals surface area contributed by atoms with Crippen molar-refractivity contribution in [2.24, 2.45) is 0 Å². The molecule has 1 aromatic heterocycles. The Bertz CT molecular complexity index is 1620. The number of nitro groups is 1. The van der Waals surface area contributed by atoms with Gasteiger partial charge in [0, 0.05) is 36.6 Å². The second-order valence-corrected chi connectivity index (χ2v) is 9.44. The number of ketones is 1. The molecular weight excluding hydrogens is 510 g/mol. The maximum Gasteiger partial charge on any atom is 0.295 e. The van der Waals surface area contributed by atoms with Crippen LogP contribution in [0.1, 0.15) is 33.9 Å². The van der Waals surface area contributed by atoms with Gasteiger partial charge in [0.1, 0.15) is 18.1 Å². The molecule has 0 saturated carbocycles. The number of nitrogens with zero attached hydrogens (tertiary/aromatic N) is 3. The molecule has 0 aliphatic carbocycles. The van der Waals surface area contributed by atoms with Gasteiger partial charge in [-0.2, -0.15) is 0 Å². The van der Waals surface area contributed by atoms with Gasteiger partial charge in [0.05, 0.1) is 16.5 Å². The average Bonchev–Trinajstić information content (AvgIpc) is 3.21. The molecule has 0 spiro atoms. The van der Waals surface area contributed by atoms with Crippen molar-refractivity contribution in [2.45, 2.75) is 26.1 Å². The van der Waals surface area contributed by atoms with Crippen LogP contribution in [0.5, 0.6) is 5.75 Å². The van der Waals surface area contributed by atoms with E-state index in [1.807, 2.05) is 31.2 Å². The van der Waals surface area contributed by atoms with E-state index in [1.54, 1.807) is 54.9 Å². The molecule has 1 fully saturated rings. The Labute approximate surface area is 230 Å². The highest BCUT2D eigenvalue weighted by Crippen LogP contribution is 2.41. The number of aryl methyl sites for hydroxylation is 1. The Balaban J connectivity index is 1.50. The van der Waals surface area contributed by atoms with Crippen LogP contribution in [-0.4, -0.2) is 31.6 Å². The predicted molar refractivity (Wildman–Crippen MR) is 147 cm³/mol. The molecule has 0 radical (unpaired) electrons. The van der Waals surface area contributed by atoms with Crippen molar-refractivity contribution in [3.8, 4) is 5.75 Å². The van der Waals surface area contributed by atoms with Gasteiger partial charge in [0.15, 0.2) is 0 Å². The number of benzene rings is 3.